The van der Waals surface area contributed by atoms with E-state index in [1.165, 1.54) is 0 Å². The van der Waals surface area contributed by atoms with Crippen LogP contribution in [0.4, 0.5) is 0 Å². The maximum atomic E-state index is 11.4. The molecule has 3 N–H and O–H groups in total. The van der Waals surface area contributed by atoms with Crippen molar-refractivity contribution >= 4 is 11.8 Å². The summed E-state index contributed by atoms with van der Waals surface area (Å²) in [6, 6.07) is 0. The molecule has 0 spiro atoms. The van der Waals surface area contributed by atoms with E-state index in [9.17, 15) is 9.59 Å². The zero-order chi connectivity index (χ0) is 14.0. The quantitative estimate of drug-likeness (QED) is 0.527. The largest absolute Gasteiger partial charge is 0.354 e. The number of hydrogen-bond donors (Lipinski definition) is 3. The average Bonchev–Trinajstić information content (AvgIpc) is 2.23. The Bertz CT molecular complexity index is 253. The first-order valence-corrected chi connectivity index (χ1v) is 6.66. The van der Waals surface area contributed by atoms with Crippen LogP contribution in [0.3, 0.4) is 0 Å². The molecule has 0 heterocycles. The van der Waals surface area contributed by atoms with Crippen LogP contribution in [0.5, 0.6) is 0 Å². The average molecular weight is 257 g/mol. The highest BCUT2D eigenvalue weighted by Gasteiger charge is 2.04. The van der Waals surface area contributed by atoms with E-state index in [1.54, 1.807) is 0 Å². The van der Waals surface area contributed by atoms with Crippen LogP contribution in [-0.2, 0) is 9.59 Å². The van der Waals surface area contributed by atoms with Gasteiger partial charge in [-0.05, 0) is 18.4 Å². The van der Waals surface area contributed by atoms with Crippen molar-refractivity contribution in [3.05, 3.63) is 0 Å². The van der Waals surface area contributed by atoms with Gasteiger partial charge in [0.15, 0.2) is 0 Å². The lowest BCUT2D eigenvalue weighted by atomic mass is 10.1. The molecule has 0 aliphatic carbocycles. The Morgan fingerprint density at radius 3 is 1.94 bits per heavy atom. The smallest absolute Gasteiger partial charge is 0.234 e. The normalized spacial score (nSPS) is 10.8. The minimum atomic E-state index is -0.0336. The van der Waals surface area contributed by atoms with Crippen molar-refractivity contribution in [1.29, 1.82) is 0 Å². The summed E-state index contributed by atoms with van der Waals surface area (Å²) in [7, 11) is 0. The minimum absolute atomic E-state index is 0.0336. The van der Waals surface area contributed by atoms with Gasteiger partial charge in [-0.1, -0.05) is 27.7 Å². The fourth-order valence-corrected chi connectivity index (χ4v) is 1.38. The van der Waals surface area contributed by atoms with Gasteiger partial charge in [-0.2, -0.15) is 0 Å². The van der Waals surface area contributed by atoms with Gasteiger partial charge in [0.2, 0.25) is 11.8 Å². The lowest BCUT2D eigenvalue weighted by molar-refractivity contribution is -0.123. The van der Waals surface area contributed by atoms with E-state index >= 15 is 0 Å². The van der Waals surface area contributed by atoms with Gasteiger partial charge < -0.3 is 16.0 Å². The molecule has 0 aromatic carbocycles. The molecule has 2 amide bonds. The summed E-state index contributed by atoms with van der Waals surface area (Å²) in [5, 5.41) is 8.58. The summed E-state index contributed by atoms with van der Waals surface area (Å²) >= 11 is 0. The molecular formula is C13H27N3O2. The number of carbonyl (C=O) groups is 2. The molecule has 0 saturated carbocycles. The highest BCUT2D eigenvalue weighted by Crippen LogP contribution is 1.97. The van der Waals surface area contributed by atoms with E-state index in [2.05, 4.69) is 29.8 Å². The van der Waals surface area contributed by atoms with Crippen LogP contribution in [0.1, 0.15) is 34.1 Å². The predicted molar refractivity (Wildman–Crippen MR) is 73.2 cm³/mol. The van der Waals surface area contributed by atoms with Crippen LogP contribution in [0.25, 0.3) is 0 Å². The molecule has 0 atom stereocenters. The molecule has 0 rings (SSSR count). The molecule has 5 heteroatoms. The Morgan fingerprint density at radius 1 is 0.889 bits per heavy atom. The van der Waals surface area contributed by atoms with Gasteiger partial charge in [0.1, 0.15) is 0 Å². The maximum absolute atomic E-state index is 11.4. The Balaban J connectivity index is 3.43. The van der Waals surface area contributed by atoms with E-state index < -0.39 is 0 Å². The molecule has 0 bridgehead atoms. The fraction of sp³-hybridized carbons (Fsp3) is 0.846. The molecule has 0 unspecified atom stereocenters. The number of carbonyl (C=O) groups excluding carboxylic acids is 2. The van der Waals surface area contributed by atoms with E-state index in [4.69, 9.17) is 0 Å². The third-order valence-electron chi connectivity index (χ3n) is 2.20. The summed E-state index contributed by atoms with van der Waals surface area (Å²) in [5.74, 6) is 0.902. The van der Waals surface area contributed by atoms with Crippen molar-refractivity contribution in [3.8, 4) is 0 Å². The van der Waals surface area contributed by atoms with E-state index in [-0.39, 0.29) is 11.8 Å². The Morgan fingerprint density at radius 2 is 1.44 bits per heavy atom. The predicted octanol–water partition coefficient (Wildman–Crippen LogP) is 0.511. The molecule has 0 aliphatic rings. The first-order valence-electron chi connectivity index (χ1n) is 6.66. The summed E-state index contributed by atoms with van der Waals surface area (Å²) in [6.07, 6.45) is 0.532. The van der Waals surface area contributed by atoms with Gasteiger partial charge in [-0.3, -0.25) is 9.59 Å². The van der Waals surface area contributed by atoms with Gasteiger partial charge in [0.25, 0.3) is 0 Å². The van der Waals surface area contributed by atoms with E-state index in [0.29, 0.717) is 37.9 Å². The summed E-state index contributed by atoms with van der Waals surface area (Å²) in [4.78, 5) is 22.7. The van der Waals surface area contributed by atoms with Gasteiger partial charge >= 0.3 is 0 Å². The Labute approximate surface area is 110 Å². The van der Waals surface area contributed by atoms with Crippen LogP contribution >= 0.6 is 0 Å². The second kappa shape index (κ2) is 9.88. The van der Waals surface area contributed by atoms with Gasteiger partial charge in [-0.25, -0.2) is 0 Å². The zero-order valence-corrected chi connectivity index (χ0v) is 12.0. The van der Waals surface area contributed by atoms with Crippen molar-refractivity contribution in [1.82, 2.24) is 16.0 Å². The molecule has 0 saturated heterocycles. The summed E-state index contributed by atoms with van der Waals surface area (Å²) in [5.41, 5.74) is 0. The molecule has 0 fully saturated rings. The molecule has 0 radical (unpaired) electrons. The molecular weight excluding hydrogens is 230 g/mol. The molecule has 18 heavy (non-hydrogen) atoms. The highest BCUT2D eigenvalue weighted by molar-refractivity contribution is 5.78. The minimum Gasteiger partial charge on any atom is -0.354 e. The fourth-order valence-electron chi connectivity index (χ4n) is 1.38. The molecule has 106 valence electrons. The first kappa shape index (κ1) is 16.9. The van der Waals surface area contributed by atoms with Crippen LogP contribution in [0.15, 0.2) is 0 Å². The number of nitrogens with one attached hydrogen (secondary N) is 3. The van der Waals surface area contributed by atoms with Crippen molar-refractivity contribution in [3.63, 3.8) is 0 Å². The number of rotatable bonds is 9. The van der Waals surface area contributed by atoms with Crippen molar-refractivity contribution in [2.75, 3.05) is 26.2 Å². The third kappa shape index (κ3) is 11.4. The Kier molecular flexibility index (Phi) is 9.28. The standard InChI is InChI=1S/C13H27N3O2/c1-10(2)7-12(17)15-5-6-16-13(18)9-14-8-11(3)4/h10-11,14H,5-9H2,1-4H3,(H,15,17)(H,16,18). The van der Waals surface area contributed by atoms with Gasteiger partial charge in [0.05, 0.1) is 6.54 Å². The second-order valence-corrected chi connectivity index (χ2v) is 5.32. The van der Waals surface area contributed by atoms with Crippen molar-refractivity contribution < 1.29 is 9.59 Å². The third-order valence-corrected chi connectivity index (χ3v) is 2.20. The monoisotopic (exact) mass is 257 g/mol. The van der Waals surface area contributed by atoms with Crippen LogP contribution in [-0.4, -0.2) is 38.0 Å². The maximum Gasteiger partial charge on any atom is 0.234 e. The lowest BCUT2D eigenvalue weighted by Gasteiger charge is -2.09. The zero-order valence-electron chi connectivity index (χ0n) is 12.0. The Hall–Kier alpha value is -1.10. The van der Waals surface area contributed by atoms with Gasteiger partial charge in [0, 0.05) is 19.5 Å². The van der Waals surface area contributed by atoms with E-state index in [1.807, 2.05) is 13.8 Å². The van der Waals surface area contributed by atoms with E-state index in [0.717, 1.165) is 6.54 Å². The lowest BCUT2D eigenvalue weighted by Crippen LogP contribution is -2.39. The number of amides is 2. The topological polar surface area (TPSA) is 70.2 Å². The molecule has 0 aliphatic heterocycles. The van der Waals surface area contributed by atoms with Crippen LogP contribution < -0.4 is 16.0 Å². The van der Waals surface area contributed by atoms with Crippen LogP contribution in [0.2, 0.25) is 0 Å². The second-order valence-electron chi connectivity index (χ2n) is 5.32. The molecule has 0 aromatic heterocycles. The summed E-state index contributed by atoms with van der Waals surface area (Å²) < 4.78 is 0. The van der Waals surface area contributed by atoms with Crippen LogP contribution in [0, 0.1) is 11.8 Å². The number of hydrogen-bond acceptors (Lipinski definition) is 3. The van der Waals surface area contributed by atoms with Crippen molar-refractivity contribution in [2.24, 2.45) is 11.8 Å². The van der Waals surface area contributed by atoms with Crippen molar-refractivity contribution in [2.45, 2.75) is 34.1 Å². The molecule has 5 nitrogen and oxygen atoms in total. The van der Waals surface area contributed by atoms with Gasteiger partial charge in [-0.15, -0.1) is 0 Å². The first-order chi connectivity index (χ1) is 8.41. The summed E-state index contributed by atoms with van der Waals surface area (Å²) in [6.45, 7) is 10.3. The SMILES string of the molecule is CC(C)CNCC(=O)NCCNC(=O)CC(C)C. The molecule has 0 aromatic rings. The highest BCUT2D eigenvalue weighted by atomic mass is 16.2.